The molecule has 6 heteroatoms. The van der Waals surface area contributed by atoms with Crippen molar-refractivity contribution < 1.29 is 9.15 Å². The van der Waals surface area contributed by atoms with E-state index in [1.807, 2.05) is 19.1 Å². The van der Waals surface area contributed by atoms with Crippen molar-refractivity contribution in [1.82, 2.24) is 9.80 Å². The molecule has 0 bridgehead atoms. The Bertz CT molecular complexity index is 801. The van der Waals surface area contributed by atoms with Crippen LogP contribution >= 0.6 is 0 Å². The lowest BCUT2D eigenvalue weighted by molar-refractivity contribution is 0.138. The number of hydrogen-bond donors (Lipinski definition) is 0. The summed E-state index contributed by atoms with van der Waals surface area (Å²) in [6, 6.07) is 9.30. The van der Waals surface area contributed by atoms with Gasteiger partial charge >= 0.3 is 5.63 Å². The van der Waals surface area contributed by atoms with Crippen molar-refractivity contribution >= 4 is 11.0 Å². The quantitative estimate of drug-likeness (QED) is 0.616. The van der Waals surface area contributed by atoms with Crippen LogP contribution in [0.1, 0.15) is 12.5 Å². The lowest BCUT2D eigenvalue weighted by Gasteiger charge is -2.33. The van der Waals surface area contributed by atoms with Gasteiger partial charge in [-0.2, -0.15) is 5.26 Å². The van der Waals surface area contributed by atoms with Crippen molar-refractivity contribution in [3.05, 3.63) is 40.2 Å². The molecule has 1 aromatic heterocycles. The number of ether oxygens (including phenoxy) is 1. The second kappa shape index (κ2) is 7.47. The minimum absolute atomic E-state index is 0.329. The second-order valence-corrected chi connectivity index (χ2v) is 5.89. The first kappa shape index (κ1) is 16.5. The van der Waals surface area contributed by atoms with Gasteiger partial charge in [-0.25, -0.2) is 4.79 Å². The summed E-state index contributed by atoms with van der Waals surface area (Å²) in [6.45, 7) is 7.22. The van der Waals surface area contributed by atoms with E-state index in [2.05, 4.69) is 15.9 Å². The molecule has 24 heavy (non-hydrogen) atoms. The van der Waals surface area contributed by atoms with Crippen LogP contribution in [0.15, 0.2) is 33.5 Å². The zero-order valence-corrected chi connectivity index (χ0v) is 13.8. The van der Waals surface area contributed by atoms with Crippen LogP contribution in [-0.4, -0.2) is 49.1 Å². The Morgan fingerprint density at radius 3 is 2.67 bits per heavy atom. The summed E-state index contributed by atoms with van der Waals surface area (Å²) in [5.41, 5.74) is 1.21. The number of benzene rings is 1. The highest BCUT2D eigenvalue weighted by atomic mass is 16.5. The Kier molecular flexibility index (Phi) is 5.14. The van der Waals surface area contributed by atoms with E-state index in [9.17, 15) is 4.79 Å². The summed E-state index contributed by atoms with van der Waals surface area (Å²) >= 11 is 0. The number of hydrogen-bond acceptors (Lipinski definition) is 6. The van der Waals surface area contributed by atoms with E-state index in [0.29, 0.717) is 25.3 Å². The van der Waals surface area contributed by atoms with Gasteiger partial charge in [0.2, 0.25) is 0 Å². The molecule has 0 N–H and O–H groups in total. The fourth-order valence-electron chi connectivity index (χ4n) is 3.04. The zero-order valence-electron chi connectivity index (χ0n) is 13.8. The first-order chi connectivity index (χ1) is 11.7. The van der Waals surface area contributed by atoms with E-state index in [4.69, 9.17) is 14.4 Å². The monoisotopic (exact) mass is 327 g/mol. The summed E-state index contributed by atoms with van der Waals surface area (Å²) in [5.74, 6) is 0.777. The number of rotatable bonds is 5. The van der Waals surface area contributed by atoms with E-state index in [1.165, 1.54) is 0 Å². The Labute approximate surface area is 140 Å². The van der Waals surface area contributed by atoms with Gasteiger partial charge in [-0.05, 0) is 30.7 Å². The smallest absolute Gasteiger partial charge is 0.336 e. The third kappa shape index (κ3) is 3.75. The van der Waals surface area contributed by atoms with E-state index in [0.717, 1.165) is 42.9 Å². The molecule has 1 aliphatic heterocycles. The number of nitriles is 1. The summed E-state index contributed by atoms with van der Waals surface area (Å²) < 4.78 is 10.9. The highest BCUT2D eigenvalue weighted by molar-refractivity contribution is 5.81. The van der Waals surface area contributed by atoms with Crippen LogP contribution in [-0.2, 0) is 6.54 Å². The average molecular weight is 327 g/mol. The van der Waals surface area contributed by atoms with Crippen LogP contribution in [0.3, 0.4) is 0 Å². The Balaban J connectivity index is 1.82. The fraction of sp³-hybridized carbons (Fsp3) is 0.444. The third-order valence-corrected chi connectivity index (χ3v) is 4.26. The van der Waals surface area contributed by atoms with Gasteiger partial charge in [0.1, 0.15) is 11.3 Å². The third-order valence-electron chi connectivity index (χ3n) is 4.26. The topological polar surface area (TPSA) is 69.7 Å². The SMILES string of the molecule is CCOc1ccc2oc(=O)cc(CN3CCN(CC#N)CC3)c2c1. The predicted molar refractivity (Wildman–Crippen MR) is 91.0 cm³/mol. The molecule has 1 aromatic carbocycles. The standard InChI is InChI=1S/C18H21N3O3/c1-2-23-15-3-4-17-16(12-15)14(11-18(22)24-17)13-21-9-7-20(6-5-19)8-10-21/h3-4,11-12H,2,6-10,13H2,1H3. The molecule has 0 radical (unpaired) electrons. The van der Waals surface area contributed by atoms with Crippen LogP contribution in [0.25, 0.3) is 11.0 Å². The van der Waals surface area contributed by atoms with E-state index >= 15 is 0 Å². The molecule has 1 saturated heterocycles. The molecule has 6 nitrogen and oxygen atoms in total. The Hall–Kier alpha value is -2.36. The molecule has 2 aromatic rings. The number of nitrogens with zero attached hydrogens (tertiary/aromatic N) is 3. The molecule has 0 amide bonds. The number of fused-ring (bicyclic) bond motifs is 1. The highest BCUT2D eigenvalue weighted by Crippen LogP contribution is 2.24. The molecule has 0 saturated carbocycles. The van der Waals surface area contributed by atoms with E-state index < -0.39 is 0 Å². The predicted octanol–water partition coefficient (Wildman–Crippen LogP) is 1.83. The molecule has 0 spiro atoms. The summed E-state index contributed by atoms with van der Waals surface area (Å²) in [5, 5.41) is 9.69. The summed E-state index contributed by atoms with van der Waals surface area (Å²) in [6.07, 6.45) is 0. The largest absolute Gasteiger partial charge is 0.494 e. The van der Waals surface area contributed by atoms with Crippen molar-refractivity contribution in [2.45, 2.75) is 13.5 Å². The van der Waals surface area contributed by atoms with Crippen LogP contribution < -0.4 is 10.4 Å². The Morgan fingerprint density at radius 1 is 1.21 bits per heavy atom. The van der Waals surface area contributed by atoms with Gasteiger partial charge in [-0.1, -0.05) is 0 Å². The molecule has 0 aliphatic carbocycles. The van der Waals surface area contributed by atoms with Crippen molar-refractivity contribution in [3.8, 4) is 11.8 Å². The van der Waals surface area contributed by atoms with E-state index in [-0.39, 0.29) is 5.63 Å². The van der Waals surface area contributed by atoms with Crippen molar-refractivity contribution in [1.29, 1.82) is 5.26 Å². The minimum atomic E-state index is -0.329. The summed E-state index contributed by atoms with van der Waals surface area (Å²) in [7, 11) is 0. The van der Waals surface area contributed by atoms with Gasteiger partial charge in [0.05, 0.1) is 19.2 Å². The Morgan fingerprint density at radius 2 is 1.96 bits per heavy atom. The van der Waals surface area contributed by atoms with Crippen molar-refractivity contribution in [2.24, 2.45) is 0 Å². The summed E-state index contributed by atoms with van der Waals surface area (Å²) in [4.78, 5) is 16.3. The van der Waals surface area contributed by atoms with Crippen molar-refractivity contribution in [3.63, 3.8) is 0 Å². The maximum atomic E-state index is 11.8. The highest BCUT2D eigenvalue weighted by Gasteiger charge is 2.18. The maximum absolute atomic E-state index is 11.8. The van der Waals surface area contributed by atoms with Crippen LogP contribution in [0.2, 0.25) is 0 Å². The van der Waals surface area contributed by atoms with Gasteiger partial charge < -0.3 is 9.15 Å². The molecule has 0 unspecified atom stereocenters. The lowest BCUT2D eigenvalue weighted by Crippen LogP contribution is -2.45. The zero-order chi connectivity index (χ0) is 16.9. The normalized spacial score (nSPS) is 16.2. The average Bonchev–Trinajstić information content (AvgIpc) is 2.57. The van der Waals surface area contributed by atoms with E-state index in [1.54, 1.807) is 12.1 Å². The fourth-order valence-corrected chi connectivity index (χ4v) is 3.04. The van der Waals surface area contributed by atoms with Crippen LogP contribution in [0.5, 0.6) is 5.75 Å². The minimum Gasteiger partial charge on any atom is -0.494 e. The molecule has 1 aliphatic rings. The second-order valence-electron chi connectivity index (χ2n) is 5.89. The first-order valence-electron chi connectivity index (χ1n) is 8.21. The molecule has 1 fully saturated rings. The van der Waals surface area contributed by atoms with Crippen LogP contribution in [0.4, 0.5) is 0 Å². The first-order valence-corrected chi connectivity index (χ1v) is 8.21. The molecule has 126 valence electrons. The molecular weight excluding hydrogens is 306 g/mol. The van der Waals surface area contributed by atoms with Gasteiger partial charge in [-0.15, -0.1) is 0 Å². The van der Waals surface area contributed by atoms with Gasteiger partial charge in [-0.3, -0.25) is 9.80 Å². The van der Waals surface area contributed by atoms with Gasteiger partial charge in [0.25, 0.3) is 0 Å². The van der Waals surface area contributed by atoms with Crippen molar-refractivity contribution in [2.75, 3.05) is 39.3 Å². The molecule has 2 heterocycles. The molecule has 0 atom stereocenters. The molecule has 3 rings (SSSR count). The molecular formula is C18H21N3O3. The lowest BCUT2D eigenvalue weighted by atomic mass is 10.1. The maximum Gasteiger partial charge on any atom is 0.336 e. The van der Waals surface area contributed by atoms with Gasteiger partial charge in [0, 0.05) is 44.2 Å². The van der Waals surface area contributed by atoms with Crippen LogP contribution in [0, 0.1) is 11.3 Å². The number of piperazine rings is 1. The van der Waals surface area contributed by atoms with Gasteiger partial charge in [0.15, 0.2) is 0 Å².